The Morgan fingerprint density at radius 2 is 1.55 bits per heavy atom. The van der Waals surface area contributed by atoms with Crippen molar-refractivity contribution in [3.8, 4) is 0 Å². The Morgan fingerprint density at radius 3 is 1.95 bits per heavy atom. The molecule has 0 aliphatic heterocycles. The van der Waals surface area contributed by atoms with Crippen LogP contribution in [0, 0.1) is 0 Å². The summed E-state index contributed by atoms with van der Waals surface area (Å²) in [5.74, 6) is -1.10. The molecule has 0 amide bonds. The van der Waals surface area contributed by atoms with Gasteiger partial charge in [-0.15, -0.1) is 0 Å². The van der Waals surface area contributed by atoms with Gasteiger partial charge in [-0.1, -0.05) is 0 Å². The van der Waals surface area contributed by atoms with Crippen molar-refractivity contribution < 1.29 is 23.9 Å². The number of nitrogens with zero attached hydrogens (tertiary/aromatic N) is 1. The molecule has 6 heteroatoms. The SMILES string of the molecule is CC(C)(C)OC(=O)CCC(N=C=O)C(=O)OC(C)(C)C. The van der Waals surface area contributed by atoms with Crippen molar-refractivity contribution in [2.24, 2.45) is 4.99 Å². The van der Waals surface area contributed by atoms with Gasteiger partial charge in [0, 0.05) is 6.42 Å². The van der Waals surface area contributed by atoms with Gasteiger partial charge in [-0.25, -0.2) is 9.59 Å². The van der Waals surface area contributed by atoms with Gasteiger partial charge < -0.3 is 9.47 Å². The number of carbonyl (C=O) groups excluding carboxylic acids is 3. The number of hydrogen-bond acceptors (Lipinski definition) is 6. The molecule has 20 heavy (non-hydrogen) atoms. The Morgan fingerprint density at radius 1 is 1.05 bits per heavy atom. The Balaban J connectivity index is 4.53. The van der Waals surface area contributed by atoms with Gasteiger partial charge in [0.2, 0.25) is 6.08 Å². The van der Waals surface area contributed by atoms with Crippen molar-refractivity contribution in [3.63, 3.8) is 0 Å². The van der Waals surface area contributed by atoms with Gasteiger partial charge in [0.05, 0.1) is 0 Å². The molecule has 0 aromatic heterocycles. The summed E-state index contributed by atoms with van der Waals surface area (Å²) >= 11 is 0. The highest BCUT2D eigenvalue weighted by molar-refractivity contribution is 5.78. The molecule has 1 atom stereocenters. The second-order valence-electron chi connectivity index (χ2n) is 6.39. The number of rotatable bonds is 5. The fourth-order valence-electron chi connectivity index (χ4n) is 1.32. The Hall–Kier alpha value is -1.68. The topological polar surface area (TPSA) is 82.0 Å². The fraction of sp³-hybridized carbons (Fsp3) is 0.786. The van der Waals surface area contributed by atoms with Crippen molar-refractivity contribution >= 4 is 18.0 Å². The van der Waals surface area contributed by atoms with E-state index < -0.39 is 29.2 Å². The Bertz CT molecular complexity index is 397. The molecule has 0 bridgehead atoms. The zero-order valence-electron chi connectivity index (χ0n) is 13.0. The van der Waals surface area contributed by atoms with E-state index in [1.165, 1.54) is 6.08 Å². The van der Waals surface area contributed by atoms with Crippen molar-refractivity contribution in [1.82, 2.24) is 0 Å². The first-order chi connectivity index (χ1) is 8.94. The van der Waals surface area contributed by atoms with Crippen molar-refractivity contribution in [3.05, 3.63) is 0 Å². The molecule has 6 nitrogen and oxygen atoms in total. The standard InChI is InChI=1S/C14H23NO5/c1-13(2,3)19-11(17)8-7-10(15-9-16)12(18)20-14(4,5)6/h10H,7-8H2,1-6H3. The summed E-state index contributed by atoms with van der Waals surface area (Å²) in [6.45, 7) is 10.4. The average molecular weight is 285 g/mol. The number of hydrogen-bond donors (Lipinski definition) is 0. The molecule has 0 aromatic carbocycles. The molecule has 0 fully saturated rings. The number of esters is 2. The van der Waals surface area contributed by atoms with Crippen LogP contribution >= 0.6 is 0 Å². The zero-order valence-corrected chi connectivity index (χ0v) is 13.0. The normalized spacial score (nSPS) is 13.1. The zero-order chi connectivity index (χ0) is 16.0. The maximum absolute atomic E-state index is 11.8. The summed E-state index contributed by atoms with van der Waals surface area (Å²) in [7, 11) is 0. The van der Waals surface area contributed by atoms with E-state index >= 15 is 0 Å². The van der Waals surface area contributed by atoms with E-state index in [-0.39, 0.29) is 12.8 Å². The van der Waals surface area contributed by atoms with Crippen molar-refractivity contribution in [1.29, 1.82) is 0 Å². The van der Waals surface area contributed by atoms with E-state index in [0.717, 1.165) is 0 Å². The molecule has 0 aromatic rings. The van der Waals surface area contributed by atoms with Crippen LogP contribution in [-0.4, -0.2) is 35.3 Å². The molecule has 0 saturated carbocycles. The van der Waals surface area contributed by atoms with E-state index in [9.17, 15) is 14.4 Å². The monoisotopic (exact) mass is 285 g/mol. The maximum atomic E-state index is 11.8. The maximum Gasteiger partial charge on any atom is 0.332 e. The largest absolute Gasteiger partial charge is 0.460 e. The lowest BCUT2D eigenvalue weighted by atomic mass is 10.1. The molecule has 0 aliphatic rings. The van der Waals surface area contributed by atoms with Crippen molar-refractivity contribution in [2.75, 3.05) is 0 Å². The van der Waals surface area contributed by atoms with Crippen LogP contribution in [0.3, 0.4) is 0 Å². The number of isocyanates is 1. The lowest BCUT2D eigenvalue weighted by molar-refractivity contribution is -0.157. The van der Waals surface area contributed by atoms with Gasteiger partial charge >= 0.3 is 11.9 Å². The third kappa shape index (κ3) is 9.28. The van der Waals surface area contributed by atoms with Crippen LogP contribution in [0.4, 0.5) is 0 Å². The van der Waals surface area contributed by atoms with E-state index in [0.29, 0.717) is 0 Å². The van der Waals surface area contributed by atoms with Gasteiger partial charge in [-0.3, -0.25) is 4.79 Å². The fourth-order valence-corrected chi connectivity index (χ4v) is 1.32. The van der Waals surface area contributed by atoms with E-state index in [2.05, 4.69) is 4.99 Å². The Labute approximate surface area is 119 Å². The van der Waals surface area contributed by atoms with Gasteiger partial charge in [0.25, 0.3) is 0 Å². The minimum absolute atomic E-state index is 0.0215. The first kappa shape index (κ1) is 18.3. The van der Waals surface area contributed by atoms with Gasteiger partial charge in [-0.05, 0) is 48.0 Å². The molecule has 1 unspecified atom stereocenters. The Kier molecular flexibility index (Phi) is 6.59. The van der Waals surface area contributed by atoms with Gasteiger partial charge in [-0.2, -0.15) is 4.99 Å². The van der Waals surface area contributed by atoms with Crippen LogP contribution in [-0.2, 0) is 23.9 Å². The third-order valence-corrected chi connectivity index (χ3v) is 1.93. The molecule has 0 aliphatic carbocycles. The van der Waals surface area contributed by atoms with E-state index in [4.69, 9.17) is 9.47 Å². The molecule has 0 heterocycles. The van der Waals surface area contributed by atoms with Crippen molar-refractivity contribution in [2.45, 2.75) is 71.6 Å². The third-order valence-electron chi connectivity index (χ3n) is 1.93. The summed E-state index contributed by atoms with van der Waals surface area (Å²) in [6, 6.07) is -1.03. The van der Waals surface area contributed by atoms with Crippen LogP contribution in [0.25, 0.3) is 0 Å². The highest BCUT2D eigenvalue weighted by Crippen LogP contribution is 2.14. The summed E-state index contributed by atoms with van der Waals surface area (Å²) in [5.41, 5.74) is -1.27. The number of carbonyl (C=O) groups is 2. The highest BCUT2D eigenvalue weighted by Gasteiger charge is 2.26. The second kappa shape index (κ2) is 7.20. The molecule has 0 saturated heterocycles. The lowest BCUT2D eigenvalue weighted by Gasteiger charge is -2.22. The summed E-state index contributed by atoms with van der Waals surface area (Å²) in [6.07, 6.45) is 1.36. The molecule has 0 radical (unpaired) electrons. The minimum atomic E-state index is -1.03. The molecule has 0 rings (SSSR count). The number of ether oxygens (including phenoxy) is 2. The van der Waals surface area contributed by atoms with Crippen LogP contribution in [0.15, 0.2) is 4.99 Å². The predicted molar refractivity (Wildman–Crippen MR) is 72.8 cm³/mol. The van der Waals surface area contributed by atoms with Crippen LogP contribution < -0.4 is 0 Å². The summed E-state index contributed by atoms with van der Waals surface area (Å²) in [5, 5.41) is 0. The second-order valence-corrected chi connectivity index (χ2v) is 6.39. The lowest BCUT2D eigenvalue weighted by Crippen LogP contribution is -2.32. The average Bonchev–Trinajstić information content (AvgIpc) is 2.18. The molecule has 114 valence electrons. The number of aliphatic imine (C=N–C) groups is 1. The minimum Gasteiger partial charge on any atom is -0.460 e. The van der Waals surface area contributed by atoms with Gasteiger partial charge in [0.1, 0.15) is 11.2 Å². The first-order valence-corrected chi connectivity index (χ1v) is 6.46. The van der Waals surface area contributed by atoms with E-state index in [1.54, 1.807) is 41.5 Å². The van der Waals surface area contributed by atoms with Crippen LogP contribution in [0.5, 0.6) is 0 Å². The van der Waals surface area contributed by atoms with Gasteiger partial charge in [0.15, 0.2) is 6.04 Å². The summed E-state index contributed by atoms with van der Waals surface area (Å²) < 4.78 is 10.2. The predicted octanol–water partition coefficient (Wildman–Crippen LogP) is 2.15. The van der Waals surface area contributed by atoms with Crippen LogP contribution in [0.2, 0.25) is 0 Å². The molecule has 0 N–H and O–H groups in total. The highest BCUT2D eigenvalue weighted by atomic mass is 16.6. The quantitative estimate of drug-likeness (QED) is 0.439. The molecular formula is C14H23NO5. The summed E-state index contributed by atoms with van der Waals surface area (Å²) in [4.78, 5) is 37.1. The van der Waals surface area contributed by atoms with E-state index in [1.807, 2.05) is 0 Å². The molecule has 0 spiro atoms. The van der Waals surface area contributed by atoms with Crippen LogP contribution in [0.1, 0.15) is 54.4 Å². The first-order valence-electron chi connectivity index (χ1n) is 6.46. The smallest absolute Gasteiger partial charge is 0.332 e. The molecular weight excluding hydrogens is 262 g/mol.